The normalized spacial score (nSPS) is 24.5. The molecule has 8 nitrogen and oxygen atoms in total. The number of hydrogen-bond acceptors (Lipinski definition) is 7. The second-order valence-electron chi connectivity index (χ2n) is 12.0. The smallest absolute Gasteiger partial charge is 0.249 e. The maximum absolute atomic E-state index is 13.8. The summed E-state index contributed by atoms with van der Waals surface area (Å²) in [6.07, 6.45) is 4.15. The lowest BCUT2D eigenvalue weighted by molar-refractivity contribution is -0.120. The summed E-state index contributed by atoms with van der Waals surface area (Å²) in [6.45, 7) is 9.51. The van der Waals surface area contributed by atoms with E-state index in [2.05, 4.69) is 24.4 Å². The van der Waals surface area contributed by atoms with Crippen LogP contribution in [0, 0.1) is 5.92 Å². The minimum Gasteiger partial charge on any atom is -0.494 e. The third kappa shape index (κ3) is 7.58. The number of aliphatic hydroxyl groups excluding tert-OH is 2. The number of nitrogens with one attached hydrogen (secondary N) is 1. The van der Waals surface area contributed by atoms with Crippen molar-refractivity contribution in [3.63, 3.8) is 0 Å². The van der Waals surface area contributed by atoms with Gasteiger partial charge in [0.25, 0.3) is 0 Å². The number of fused-ring (bicyclic) bond motifs is 1. The van der Waals surface area contributed by atoms with Gasteiger partial charge in [0.05, 0.1) is 30.5 Å². The van der Waals surface area contributed by atoms with Crippen molar-refractivity contribution in [1.82, 2.24) is 5.32 Å². The van der Waals surface area contributed by atoms with Gasteiger partial charge in [0.1, 0.15) is 5.75 Å². The van der Waals surface area contributed by atoms with Crippen molar-refractivity contribution >= 4 is 25.6 Å². The predicted molar refractivity (Wildman–Crippen MR) is 164 cm³/mol. The Kier molecular flexibility index (Phi) is 11.0. The monoisotopic (exact) mass is 584 g/mol. The summed E-state index contributed by atoms with van der Waals surface area (Å²) in [6, 6.07) is 13.7. The summed E-state index contributed by atoms with van der Waals surface area (Å²) in [5.74, 6) is 1.03. The van der Waals surface area contributed by atoms with E-state index < -0.39 is 8.32 Å². The zero-order valence-corrected chi connectivity index (χ0v) is 26.0. The molecule has 2 aliphatic heterocycles. The van der Waals surface area contributed by atoms with Crippen LogP contribution in [0.5, 0.6) is 5.75 Å². The first-order valence-corrected chi connectivity index (χ1v) is 18.2. The molecule has 0 spiro atoms. The number of hydrogen-bond donors (Lipinski definition) is 4. The van der Waals surface area contributed by atoms with E-state index in [0.717, 1.165) is 47.5 Å². The molecule has 2 aromatic carbocycles. The van der Waals surface area contributed by atoms with Crippen molar-refractivity contribution in [3.05, 3.63) is 53.6 Å². The zero-order chi connectivity index (χ0) is 29.6. The third-order valence-electron chi connectivity index (χ3n) is 8.54. The number of benzene rings is 2. The van der Waals surface area contributed by atoms with Gasteiger partial charge in [0.2, 0.25) is 5.91 Å². The summed E-state index contributed by atoms with van der Waals surface area (Å²) in [5, 5.41) is 22.1. The Labute approximate surface area is 245 Å². The number of ether oxygens (including phenoxy) is 2. The number of amides is 1. The Bertz CT molecular complexity index is 1160. The van der Waals surface area contributed by atoms with Gasteiger partial charge in [-0.25, -0.2) is 0 Å². The molecule has 2 heterocycles. The van der Waals surface area contributed by atoms with Gasteiger partial charge in [0.15, 0.2) is 8.32 Å². The minimum absolute atomic E-state index is 0.0142. The first-order chi connectivity index (χ1) is 19.7. The van der Waals surface area contributed by atoms with E-state index in [-0.39, 0.29) is 48.8 Å². The maximum atomic E-state index is 13.8. The Morgan fingerprint density at radius 3 is 2.59 bits per heavy atom. The Hall–Kier alpha value is -2.27. The number of rotatable bonds is 14. The molecule has 9 heteroatoms. The molecular formula is C32H48N2O6Si. The van der Waals surface area contributed by atoms with Crippen molar-refractivity contribution in [2.75, 3.05) is 31.3 Å². The molecule has 0 aliphatic carbocycles. The fraction of sp³-hybridized carbons (Fsp3) is 0.594. The van der Waals surface area contributed by atoms with Gasteiger partial charge < -0.3 is 29.8 Å². The highest BCUT2D eigenvalue weighted by molar-refractivity contribution is 6.71. The molecule has 0 aromatic heterocycles. The number of anilines is 2. The summed E-state index contributed by atoms with van der Waals surface area (Å²) in [5.41, 5.74) is 3.99. The van der Waals surface area contributed by atoms with Crippen LogP contribution < -0.4 is 15.0 Å². The molecule has 1 fully saturated rings. The van der Waals surface area contributed by atoms with Gasteiger partial charge in [-0.2, -0.15) is 0 Å². The fourth-order valence-corrected chi connectivity index (χ4v) is 9.34. The first-order valence-electron chi connectivity index (χ1n) is 15.2. The molecule has 4 rings (SSSR count). The molecule has 1 saturated heterocycles. The van der Waals surface area contributed by atoms with E-state index in [1.54, 1.807) is 0 Å². The number of nitrogens with zero attached hydrogens (tertiary/aromatic N) is 1. The fourth-order valence-electron chi connectivity index (χ4n) is 6.69. The average Bonchev–Trinajstić information content (AvgIpc) is 3.25. The quantitative estimate of drug-likeness (QED) is 0.193. The summed E-state index contributed by atoms with van der Waals surface area (Å²) in [7, 11) is -2.45. The molecule has 2 aliphatic rings. The van der Waals surface area contributed by atoms with Crippen molar-refractivity contribution in [2.45, 2.75) is 89.3 Å². The number of unbranched alkanes of at least 4 members (excludes halogenated alkanes) is 1. The van der Waals surface area contributed by atoms with Crippen LogP contribution in [-0.4, -0.2) is 73.8 Å². The van der Waals surface area contributed by atoms with Gasteiger partial charge in [-0.15, -0.1) is 0 Å². The topological polar surface area (TPSA) is 111 Å². The maximum Gasteiger partial charge on any atom is 0.249 e. The van der Waals surface area contributed by atoms with E-state index in [0.29, 0.717) is 32.4 Å². The van der Waals surface area contributed by atoms with Crippen molar-refractivity contribution < 1.29 is 29.3 Å². The molecule has 1 unspecified atom stereocenters. The molecule has 226 valence electrons. The Balaban J connectivity index is 1.54. The van der Waals surface area contributed by atoms with Crippen LogP contribution in [0.3, 0.4) is 0 Å². The summed E-state index contributed by atoms with van der Waals surface area (Å²) in [4.78, 5) is 26.6. The van der Waals surface area contributed by atoms with Gasteiger partial charge >= 0.3 is 0 Å². The lowest BCUT2D eigenvalue weighted by Crippen LogP contribution is -2.49. The number of aryl methyl sites for hydroxylation is 1. The highest BCUT2D eigenvalue weighted by atomic mass is 28.4. The van der Waals surface area contributed by atoms with E-state index in [1.807, 2.05) is 55.2 Å². The molecule has 4 N–H and O–H groups in total. The van der Waals surface area contributed by atoms with Gasteiger partial charge in [-0.3, -0.25) is 9.69 Å². The zero-order valence-electron chi connectivity index (χ0n) is 25.0. The summed E-state index contributed by atoms with van der Waals surface area (Å²) < 4.78 is 12.2. The van der Waals surface area contributed by atoms with E-state index in [4.69, 9.17) is 14.6 Å². The van der Waals surface area contributed by atoms with E-state index in [9.17, 15) is 14.7 Å². The Morgan fingerprint density at radius 1 is 1.07 bits per heavy atom. The summed E-state index contributed by atoms with van der Waals surface area (Å²) >= 11 is 0. The lowest BCUT2D eigenvalue weighted by Gasteiger charge is -2.35. The SMILES string of the molecule is CCOc1ccc2c(c1)CC(NCCCCO)C(=O)N2c1cccc(CC[C@H]2O[C@@H](CCO)[C@H]([Si](C)(C)O)[C@H]2C)c1. The molecule has 41 heavy (non-hydrogen) atoms. The van der Waals surface area contributed by atoms with Crippen LogP contribution in [0.2, 0.25) is 18.6 Å². The molecule has 0 radical (unpaired) electrons. The number of aliphatic hydroxyl groups is 2. The van der Waals surface area contributed by atoms with E-state index in [1.165, 1.54) is 0 Å². The number of carbonyl (C=O) groups excluding carboxylic acids is 1. The van der Waals surface area contributed by atoms with Crippen molar-refractivity contribution in [1.29, 1.82) is 0 Å². The average molecular weight is 585 g/mol. The largest absolute Gasteiger partial charge is 0.494 e. The van der Waals surface area contributed by atoms with E-state index >= 15 is 0 Å². The van der Waals surface area contributed by atoms with Gasteiger partial charge in [0, 0.05) is 24.4 Å². The van der Waals surface area contributed by atoms with Crippen molar-refractivity contribution in [3.8, 4) is 5.75 Å². The molecule has 0 bridgehead atoms. The second kappa shape index (κ2) is 14.3. The minimum atomic E-state index is -2.45. The molecular weight excluding hydrogens is 536 g/mol. The first kappa shape index (κ1) is 31.7. The number of carbonyl (C=O) groups is 1. The predicted octanol–water partition coefficient (Wildman–Crippen LogP) is 4.32. The highest BCUT2D eigenvalue weighted by Crippen LogP contribution is 2.45. The second-order valence-corrected chi connectivity index (χ2v) is 16.0. The van der Waals surface area contributed by atoms with Gasteiger partial charge in [-0.05, 0) is 112 Å². The molecule has 0 saturated carbocycles. The molecule has 1 amide bonds. The van der Waals surface area contributed by atoms with Crippen molar-refractivity contribution in [2.24, 2.45) is 5.92 Å². The molecule has 2 aromatic rings. The van der Waals surface area contributed by atoms with Crippen LogP contribution in [0.1, 0.15) is 50.7 Å². The van der Waals surface area contributed by atoms with Gasteiger partial charge in [-0.1, -0.05) is 19.1 Å². The lowest BCUT2D eigenvalue weighted by atomic mass is 9.94. The molecule has 5 atom stereocenters. The Morgan fingerprint density at radius 2 is 1.88 bits per heavy atom. The van der Waals surface area contributed by atoms with Crippen LogP contribution >= 0.6 is 0 Å². The third-order valence-corrected chi connectivity index (χ3v) is 11.1. The standard InChI is InChI=1S/C32H48N2O6Si/c1-5-39-26-12-13-28-24(20-26)21-27(33-16-6-7-17-35)32(37)34(28)25-10-8-9-23(19-25)11-14-29-22(2)31(41(3,4)38)30(40-29)15-18-36/h8-10,12-13,19-20,22,27,29-31,33,35-36,38H,5-7,11,14-18,21H2,1-4H3/t22-,27?,29+,30-,31+/m0/s1. The highest BCUT2D eigenvalue weighted by Gasteiger charge is 2.49. The van der Waals surface area contributed by atoms with Crippen LogP contribution in [0.15, 0.2) is 42.5 Å². The van der Waals surface area contributed by atoms with Crippen LogP contribution in [0.25, 0.3) is 0 Å². The van der Waals surface area contributed by atoms with Crippen LogP contribution in [-0.2, 0) is 22.4 Å². The van der Waals surface area contributed by atoms with Crippen LogP contribution in [0.4, 0.5) is 11.4 Å².